The molecule has 5 rings (SSSR count). The number of urea groups is 1. The lowest BCUT2D eigenvalue weighted by Gasteiger charge is -2.28. The molecular weight excluding hydrogens is 546 g/mol. The molecule has 2 heterocycles. The van der Waals surface area contributed by atoms with E-state index in [1.54, 1.807) is 18.2 Å². The van der Waals surface area contributed by atoms with Crippen molar-refractivity contribution in [2.75, 3.05) is 34.8 Å². The SMILES string of the molecule is CC(C)(C)C(=O)CN1C(=O)N(CC(=O)Nc2cccc(N3CCCC3C(=O)O)c2)N=C(C2CCCCC2)c2ccccc21. The lowest BCUT2D eigenvalue weighted by Crippen LogP contribution is -2.47. The van der Waals surface area contributed by atoms with E-state index in [4.69, 9.17) is 5.10 Å². The van der Waals surface area contributed by atoms with E-state index < -0.39 is 29.4 Å². The Morgan fingerprint density at radius 1 is 0.953 bits per heavy atom. The third-order valence-electron chi connectivity index (χ3n) is 8.57. The van der Waals surface area contributed by atoms with Crippen LogP contribution in [0.15, 0.2) is 53.6 Å². The summed E-state index contributed by atoms with van der Waals surface area (Å²) < 4.78 is 0. The number of nitrogens with one attached hydrogen (secondary N) is 1. The number of aliphatic carboxylic acids is 1. The second-order valence-electron chi connectivity index (χ2n) is 12.7. The number of fused-ring (bicyclic) bond motifs is 1. The molecule has 3 aliphatic rings. The lowest BCUT2D eigenvalue weighted by molar-refractivity contribution is -0.138. The summed E-state index contributed by atoms with van der Waals surface area (Å²) in [4.78, 5) is 55.7. The highest BCUT2D eigenvalue weighted by Gasteiger charge is 2.36. The number of carbonyl (C=O) groups is 4. The predicted octanol–water partition coefficient (Wildman–Crippen LogP) is 5.52. The minimum absolute atomic E-state index is 0.0976. The van der Waals surface area contributed by atoms with Crippen LogP contribution in [0.25, 0.3) is 0 Å². The number of carboxylic acids is 1. The largest absolute Gasteiger partial charge is 0.480 e. The summed E-state index contributed by atoms with van der Waals surface area (Å²) >= 11 is 0. The van der Waals surface area contributed by atoms with E-state index in [-0.39, 0.29) is 24.8 Å². The first-order valence-corrected chi connectivity index (χ1v) is 15.2. The van der Waals surface area contributed by atoms with Gasteiger partial charge in [-0.3, -0.25) is 14.5 Å². The normalized spacial score (nSPS) is 19.5. The van der Waals surface area contributed by atoms with E-state index in [1.807, 2.05) is 56.0 Å². The summed E-state index contributed by atoms with van der Waals surface area (Å²) in [7, 11) is 0. The minimum Gasteiger partial charge on any atom is -0.480 e. The van der Waals surface area contributed by atoms with Crippen LogP contribution in [0.5, 0.6) is 0 Å². The van der Waals surface area contributed by atoms with Crippen LogP contribution >= 0.6 is 0 Å². The number of ketones is 1. The molecule has 43 heavy (non-hydrogen) atoms. The number of hydrogen-bond donors (Lipinski definition) is 2. The average Bonchev–Trinajstić information content (AvgIpc) is 3.45. The molecule has 2 N–H and O–H groups in total. The number of hydrogen-bond acceptors (Lipinski definition) is 6. The van der Waals surface area contributed by atoms with Crippen LogP contribution in [0.3, 0.4) is 0 Å². The van der Waals surface area contributed by atoms with E-state index in [0.717, 1.165) is 49.8 Å². The maximum Gasteiger partial charge on any atom is 0.345 e. The number of para-hydroxylation sites is 1. The Morgan fingerprint density at radius 3 is 2.42 bits per heavy atom. The predicted molar refractivity (Wildman–Crippen MR) is 167 cm³/mol. The van der Waals surface area contributed by atoms with Crippen molar-refractivity contribution in [3.05, 3.63) is 54.1 Å². The number of rotatable bonds is 8. The van der Waals surface area contributed by atoms with Crippen LogP contribution in [-0.4, -0.2) is 65.2 Å². The fraction of sp³-hybridized carbons (Fsp3) is 0.485. The number of carboxylic acid groups (broad SMARTS) is 1. The van der Waals surface area contributed by atoms with Crippen molar-refractivity contribution in [2.45, 2.75) is 71.8 Å². The van der Waals surface area contributed by atoms with Crippen molar-refractivity contribution in [3.63, 3.8) is 0 Å². The quantitative estimate of drug-likeness (QED) is 0.419. The molecule has 228 valence electrons. The van der Waals surface area contributed by atoms with Gasteiger partial charge in [-0.1, -0.05) is 64.3 Å². The van der Waals surface area contributed by atoms with E-state index in [0.29, 0.717) is 30.0 Å². The van der Waals surface area contributed by atoms with Gasteiger partial charge in [0.05, 0.1) is 17.9 Å². The smallest absolute Gasteiger partial charge is 0.345 e. The topological polar surface area (TPSA) is 123 Å². The molecule has 0 spiro atoms. The first-order chi connectivity index (χ1) is 20.5. The second kappa shape index (κ2) is 12.6. The third-order valence-corrected chi connectivity index (χ3v) is 8.57. The molecule has 1 unspecified atom stereocenters. The number of benzene rings is 2. The second-order valence-corrected chi connectivity index (χ2v) is 12.7. The molecule has 2 aromatic rings. The first kappa shape index (κ1) is 30.3. The van der Waals surface area contributed by atoms with Crippen molar-refractivity contribution in [1.29, 1.82) is 0 Å². The molecule has 10 nitrogen and oxygen atoms in total. The first-order valence-electron chi connectivity index (χ1n) is 15.2. The molecule has 2 aromatic carbocycles. The third kappa shape index (κ3) is 6.73. The molecule has 1 saturated carbocycles. The Labute approximate surface area is 252 Å². The molecule has 1 saturated heterocycles. The van der Waals surface area contributed by atoms with Crippen LogP contribution in [-0.2, 0) is 14.4 Å². The van der Waals surface area contributed by atoms with Gasteiger partial charge < -0.3 is 15.3 Å². The Hall–Kier alpha value is -4.21. The van der Waals surface area contributed by atoms with E-state index in [2.05, 4.69) is 5.32 Å². The number of hydrazone groups is 1. The number of nitrogens with zero attached hydrogens (tertiary/aromatic N) is 4. The van der Waals surface area contributed by atoms with Gasteiger partial charge in [0.25, 0.3) is 0 Å². The van der Waals surface area contributed by atoms with E-state index in [1.165, 1.54) is 9.91 Å². The van der Waals surface area contributed by atoms with Crippen LogP contribution in [0.1, 0.15) is 71.3 Å². The number of anilines is 3. The maximum atomic E-state index is 14.1. The molecule has 0 radical (unpaired) electrons. The average molecular weight is 588 g/mol. The summed E-state index contributed by atoms with van der Waals surface area (Å²) in [5, 5.41) is 18.5. The van der Waals surface area contributed by atoms with Crippen LogP contribution < -0.4 is 15.1 Å². The molecule has 3 amide bonds. The van der Waals surface area contributed by atoms with E-state index in [9.17, 15) is 24.3 Å². The van der Waals surface area contributed by atoms with Gasteiger partial charge in [-0.15, -0.1) is 0 Å². The molecule has 1 atom stereocenters. The molecule has 0 aromatic heterocycles. The standard InChI is InChI=1S/C33H41N5O5/c1-33(2,3)28(39)20-37-26-16-8-7-15-25(26)30(22-11-5-4-6-12-22)35-38(32(37)43)21-29(40)34-23-13-9-14-24(19-23)36-18-10-17-27(36)31(41)42/h7-9,13-16,19,22,27H,4-6,10-12,17-18,20-21H2,1-3H3,(H,34,40)(H,41,42). The summed E-state index contributed by atoms with van der Waals surface area (Å²) in [5.74, 6) is -1.26. The fourth-order valence-electron chi connectivity index (χ4n) is 6.14. The molecule has 0 bridgehead atoms. The lowest BCUT2D eigenvalue weighted by atomic mass is 9.83. The van der Waals surface area contributed by atoms with Gasteiger partial charge in [-0.05, 0) is 49.9 Å². The van der Waals surface area contributed by atoms with Gasteiger partial charge in [0, 0.05) is 34.8 Å². The minimum atomic E-state index is -0.867. The van der Waals surface area contributed by atoms with Crippen LogP contribution in [0, 0.1) is 11.3 Å². The van der Waals surface area contributed by atoms with Crippen molar-refractivity contribution < 1.29 is 24.3 Å². The number of carbonyl (C=O) groups excluding carboxylic acids is 3. The van der Waals surface area contributed by atoms with E-state index >= 15 is 0 Å². The summed E-state index contributed by atoms with van der Waals surface area (Å²) in [6.07, 6.45) is 6.55. The van der Waals surface area contributed by atoms with Crippen molar-refractivity contribution in [1.82, 2.24) is 5.01 Å². The zero-order chi connectivity index (χ0) is 30.7. The zero-order valence-corrected chi connectivity index (χ0v) is 25.2. The van der Waals surface area contributed by atoms with Gasteiger partial charge in [0.2, 0.25) is 5.91 Å². The molecule has 1 aliphatic carbocycles. The molecule has 2 aliphatic heterocycles. The Morgan fingerprint density at radius 2 is 1.70 bits per heavy atom. The molecule has 2 fully saturated rings. The van der Waals surface area contributed by atoms with Gasteiger partial charge in [0.15, 0.2) is 5.78 Å². The highest BCUT2D eigenvalue weighted by Crippen LogP contribution is 2.35. The zero-order valence-electron chi connectivity index (χ0n) is 25.2. The van der Waals surface area contributed by atoms with Gasteiger partial charge in [-0.2, -0.15) is 5.10 Å². The number of Topliss-reactive ketones (excluding diaryl/α,β-unsaturated/α-hetero) is 1. The highest BCUT2D eigenvalue weighted by atomic mass is 16.4. The number of amides is 3. The Balaban J connectivity index is 1.43. The summed E-state index contributed by atoms with van der Waals surface area (Å²) in [5.41, 5.74) is 2.78. The van der Waals surface area contributed by atoms with Crippen LogP contribution in [0.4, 0.5) is 21.9 Å². The maximum absolute atomic E-state index is 14.1. The molecule has 10 heteroatoms. The van der Waals surface area contributed by atoms with Crippen LogP contribution in [0.2, 0.25) is 0 Å². The van der Waals surface area contributed by atoms with Crippen molar-refractivity contribution in [2.24, 2.45) is 16.4 Å². The Kier molecular flexibility index (Phi) is 8.84. The Bertz CT molecular complexity index is 1420. The van der Waals surface area contributed by atoms with Gasteiger partial charge in [0.1, 0.15) is 12.6 Å². The highest BCUT2D eigenvalue weighted by molar-refractivity contribution is 6.13. The monoisotopic (exact) mass is 587 g/mol. The fourth-order valence-corrected chi connectivity index (χ4v) is 6.14. The molecular formula is C33H41N5O5. The summed E-state index contributed by atoms with van der Waals surface area (Å²) in [6.45, 7) is 5.64. The van der Waals surface area contributed by atoms with Crippen molar-refractivity contribution in [3.8, 4) is 0 Å². The van der Waals surface area contributed by atoms with Gasteiger partial charge in [-0.25, -0.2) is 14.6 Å². The summed E-state index contributed by atoms with van der Waals surface area (Å²) in [6, 6.07) is 13.5. The van der Waals surface area contributed by atoms with Gasteiger partial charge >= 0.3 is 12.0 Å². The van der Waals surface area contributed by atoms with Crippen molar-refractivity contribution >= 4 is 46.5 Å².